The largest absolute Gasteiger partial charge is 0.435 e. The summed E-state index contributed by atoms with van der Waals surface area (Å²) < 4.78 is 39.5. The van der Waals surface area contributed by atoms with Gasteiger partial charge >= 0.3 is 6.18 Å². The highest BCUT2D eigenvalue weighted by atomic mass is 32.2. The Kier molecular flexibility index (Phi) is 4.46. The number of hydrogen-bond acceptors (Lipinski definition) is 3. The van der Waals surface area contributed by atoms with E-state index < -0.39 is 11.9 Å². The van der Waals surface area contributed by atoms with E-state index in [1.165, 1.54) is 13.2 Å². The summed E-state index contributed by atoms with van der Waals surface area (Å²) in [7, 11) is 1.45. The molecule has 0 aliphatic carbocycles. The van der Waals surface area contributed by atoms with Gasteiger partial charge < -0.3 is 10.6 Å². The molecule has 2 rings (SSSR count). The number of aryl methyl sites for hydroxylation is 1. The Labute approximate surface area is 119 Å². The van der Waals surface area contributed by atoms with Crippen LogP contribution in [-0.4, -0.2) is 45.2 Å². The monoisotopic (exact) mass is 307 g/mol. The topological polar surface area (TPSA) is 59.4 Å². The van der Waals surface area contributed by atoms with Gasteiger partial charge in [-0.3, -0.25) is 4.68 Å². The molecule has 1 saturated heterocycles. The number of halogens is 3. The zero-order valence-corrected chi connectivity index (χ0v) is 11.8. The third-order valence-corrected chi connectivity index (χ3v) is 3.86. The predicted octanol–water partition coefficient (Wildman–Crippen LogP) is 1.30. The first kappa shape index (κ1) is 15.0. The Balaban J connectivity index is 2.10. The SMILES string of the molecule is Cn1cc(CN=C(N)N2CCSCC2)c(C(F)(F)F)n1. The van der Waals surface area contributed by atoms with Crippen LogP contribution in [0, 0.1) is 0 Å². The van der Waals surface area contributed by atoms with Crippen molar-refractivity contribution in [3.05, 3.63) is 17.5 Å². The van der Waals surface area contributed by atoms with Gasteiger partial charge in [-0.1, -0.05) is 0 Å². The molecule has 20 heavy (non-hydrogen) atoms. The molecule has 0 spiro atoms. The maximum absolute atomic E-state index is 12.8. The van der Waals surface area contributed by atoms with Crippen LogP contribution in [-0.2, 0) is 19.8 Å². The number of aliphatic imine (C=N–C) groups is 1. The Morgan fingerprint density at radius 1 is 1.45 bits per heavy atom. The van der Waals surface area contributed by atoms with E-state index in [0.29, 0.717) is 5.96 Å². The third kappa shape index (κ3) is 3.59. The highest BCUT2D eigenvalue weighted by Crippen LogP contribution is 2.30. The molecule has 0 unspecified atom stereocenters. The van der Waals surface area contributed by atoms with Crippen LogP contribution in [0.25, 0.3) is 0 Å². The standard InChI is InChI=1S/C11H16F3N5S/c1-18-7-8(9(17-18)11(12,13)14)6-16-10(15)19-2-4-20-5-3-19/h7H,2-6H2,1H3,(H2,15,16). The van der Waals surface area contributed by atoms with Crippen LogP contribution >= 0.6 is 11.8 Å². The maximum Gasteiger partial charge on any atom is 0.435 e. The molecule has 5 nitrogen and oxygen atoms in total. The van der Waals surface area contributed by atoms with Crippen LogP contribution in [0.3, 0.4) is 0 Å². The van der Waals surface area contributed by atoms with Crippen LogP contribution in [0.1, 0.15) is 11.3 Å². The minimum atomic E-state index is -4.47. The summed E-state index contributed by atoms with van der Waals surface area (Å²) in [6.07, 6.45) is -3.14. The highest BCUT2D eigenvalue weighted by molar-refractivity contribution is 7.99. The van der Waals surface area contributed by atoms with Gasteiger partial charge in [-0.2, -0.15) is 30.0 Å². The number of alkyl halides is 3. The van der Waals surface area contributed by atoms with Crippen LogP contribution in [0.15, 0.2) is 11.2 Å². The molecular formula is C11H16F3N5S. The molecule has 2 N–H and O–H groups in total. The normalized spacial score (nSPS) is 17.6. The summed E-state index contributed by atoms with van der Waals surface area (Å²) in [5.74, 6) is 2.20. The lowest BCUT2D eigenvalue weighted by Gasteiger charge is -2.27. The number of rotatable bonds is 2. The van der Waals surface area contributed by atoms with Gasteiger partial charge in [-0.25, -0.2) is 4.99 Å². The summed E-state index contributed by atoms with van der Waals surface area (Å²) >= 11 is 1.83. The highest BCUT2D eigenvalue weighted by Gasteiger charge is 2.36. The van der Waals surface area contributed by atoms with Gasteiger partial charge in [0.25, 0.3) is 0 Å². The van der Waals surface area contributed by atoms with Crippen molar-refractivity contribution in [1.82, 2.24) is 14.7 Å². The van der Waals surface area contributed by atoms with Crippen LogP contribution in [0.4, 0.5) is 13.2 Å². The van der Waals surface area contributed by atoms with Crippen molar-refractivity contribution >= 4 is 17.7 Å². The van der Waals surface area contributed by atoms with Gasteiger partial charge in [0.15, 0.2) is 11.7 Å². The van der Waals surface area contributed by atoms with E-state index in [4.69, 9.17) is 5.73 Å². The number of nitrogens with zero attached hydrogens (tertiary/aromatic N) is 4. The smallest absolute Gasteiger partial charge is 0.370 e. The number of thioether (sulfide) groups is 1. The van der Waals surface area contributed by atoms with Crippen LogP contribution < -0.4 is 5.73 Å². The van der Waals surface area contributed by atoms with E-state index in [-0.39, 0.29) is 12.1 Å². The number of hydrogen-bond donors (Lipinski definition) is 1. The molecule has 0 atom stereocenters. The molecule has 0 radical (unpaired) electrons. The predicted molar refractivity (Wildman–Crippen MR) is 72.4 cm³/mol. The summed E-state index contributed by atoms with van der Waals surface area (Å²) in [5.41, 5.74) is 4.96. The van der Waals surface area contributed by atoms with Gasteiger partial charge in [0.2, 0.25) is 0 Å². The molecule has 1 aliphatic heterocycles. The van der Waals surface area contributed by atoms with Crippen LogP contribution in [0.2, 0.25) is 0 Å². The van der Waals surface area contributed by atoms with Crippen molar-refractivity contribution in [3.63, 3.8) is 0 Å². The second-order valence-corrected chi connectivity index (χ2v) is 5.67. The molecule has 0 aromatic carbocycles. The molecular weight excluding hydrogens is 291 g/mol. The van der Waals surface area contributed by atoms with Crippen molar-refractivity contribution in [2.24, 2.45) is 17.8 Å². The Bertz CT molecular complexity index is 491. The first-order chi connectivity index (χ1) is 9.38. The van der Waals surface area contributed by atoms with Crippen molar-refractivity contribution in [2.45, 2.75) is 12.7 Å². The Morgan fingerprint density at radius 2 is 2.10 bits per heavy atom. The van der Waals surface area contributed by atoms with Crippen molar-refractivity contribution in [3.8, 4) is 0 Å². The molecule has 0 amide bonds. The van der Waals surface area contributed by atoms with E-state index >= 15 is 0 Å². The fourth-order valence-electron chi connectivity index (χ4n) is 1.95. The lowest BCUT2D eigenvalue weighted by Crippen LogP contribution is -2.42. The van der Waals surface area contributed by atoms with Gasteiger partial charge in [0.1, 0.15) is 0 Å². The van der Waals surface area contributed by atoms with Crippen LogP contribution in [0.5, 0.6) is 0 Å². The summed E-state index contributed by atoms with van der Waals surface area (Å²) in [6, 6.07) is 0. The zero-order valence-electron chi connectivity index (χ0n) is 11.0. The van der Waals surface area contributed by atoms with E-state index in [9.17, 15) is 13.2 Å². The second kappa shape index (κ2) is 5.94. The van der Waals surface area contributed by atoms with E-state index in [1.54, 1.807) is 0 Å². The van der Waals surface area contributed by atoms with Crippen molar-refractivity contribution in [2.75, 3.05) is 24.6 Å². The number of aromatic nitrogens is 2. The molecule has 1 aliphatic rings. The molecule has 0 bridgehead atoms. The molecule has 9 heteroatoms. The van der Waals surface area contributed by atoms with Gasteiger partial charge in [-0.15, -0.1) is 0 Å². The van der Waals surface area contributed by atoms with E-state index in [1.807, 2.05) is 16.7 Å². The van der Waals surface area contributed by atoms with E-state index in [2.05, 4.69) is 10.1 Å². The summed E-state index contributed by atoms with van der Waals surface area (Å²) in [6.45, 7) is 1.44. The first-order valence-corrected chi connectivity index (χ1v) is 7.25. The van der Waals surface area contributed by atoms with Gasteiger partial charge in [-0.05, 0) is 0 Å². The fourth-order valence-corrected chi connectivity index (χ4v) is 2.85. The number of guanidine groups is 1. The molecule has 1 aromatic rings. The van der Waals surface area contributed by atoms with Gasteiger partial charge in [0, 0.05) is 43.4 Å². The Hall–Kier alpha value is -1.38. The molecule has 112 valence electrons. The van der Waals surface area contributed by atoms with Gasteiger partial charge in [0.05, 0.1) is 6.54 Å². The maximum atomic E-state index is 12.8. The summed E-state index contributed by atoms with van der Waals surface area (Å²) in [4.78, 5) is 5.95. The Morgan fingerprint density at radius 3 is 2.70 bits per heavy atom. The minimum Gasteiger partial charge on any atom is -0.370 e. The first-order valence-electron chi connectivity index (χ1n) is 6.10. The third-order valence-electron chi connectivity index (χ3n) is 2.92. The lowest BCUT2D eigenvalue weighted by atomic mass is 10.2. The minimum absolute atomic E-state index is 0.0364. The quantitative estimate of drug-likeness (QED) is 0.661. The molecule has 1 aromatic heterocycles. The number of nitrogens with two attached hydrogens (primary N) is 1. The lowest BCUT2D eigenvalue weighted by molar-refractivity contribution is -0.142. The van der Waals surface area contributed by atoms with Crippen molar-refractivity contribution < 1.29 is 13.2 Å². The summed E-state index contributed by atoms with van der Waals surface area (Å²) in [5, 5.41) is 3.44. The average molecular weight is 307 g/mol. The van der Waals surface area contributed by atoms with E-state index in [0.717, 1.165) is 29.3 Å². The average Bonchev–Trinajstić information content (AvgIpc) is 2.78. The second-order valence-electron chi connectivity index (χ2n) is 4.45. The fraction of sp³-hybridized carbons (Fsp3) is 0.636. The van der Waals surface area contributed by atoms with Crippen molar-refractivity contribution in [1.29, 1.82) is 0 Å². The molecule has 1 fully saturated rings. The molecule has 0 saturated carbocycles. The zero-order chi connectivity index (χ0) is 14.8. The molecule has 2 heterocycles.